The van der Waals surface area contributed by atoms with E-state index in [0.29, 0.717) is 6.54 Å². The number of amides is 2. The minimum atomic E-state index is -0.901. The first-order valence-corrected chi connectivity index (χ1v) is 7.25. The van der Waals surface area contributed by atoms with E-state index in [1.807, 2.05) is 13.8 Å². The molecule has 6 heteroatoms. The number of rotatable bonds is 6. The number of carboxylic acid groups (broad SMARTS) is 1. The lowest BCUT2D eigenvalue weighted by Crippen LogP contribution is -2.48. The lowest BCUT2D eigenvalue weighted by Gasteiger charge is -2.29. The molecule has 2 amide bonds. The van der Waals surface area contributed by atoms with Crippen LogP contribution in [0.2, 0.25) is 0 Å². The predicted octanol–water partition coefficient (Wildman–Crippen LogP) is 1.70. The van der Waals surface area contributed by atoms with Crippen molar-refractivity contribution in [2.24, 2.45) is 5.92 Å². The van der Waals surface area contributed by atoms with Gasteiger partial charge in [0.25, 0.3) is 0 Å². The van der Waals surface area contributed by atoms with Gasteiger partial charge in [-0.2, -0.15) is 0 Å². The highest BCUT2D eigenvalue weighted by molar-refractivity contribution is 5.75. The smallest absolute Gasteiger partial charge is 0.317 e. The topological polar surface area (TPSA) is 78.9 Å². The molecule has 0 aromatic rings. The maximum Gasteiger partial charge on any atom is 0.317 e. The highest BCUT2D eigenvalue weighted by Crippen LogP contribution is 2.14. The fraction of sp³-hybridized carbons (Fsp3) is 0.857. The Hall–Kier alpha value is -1.30. The first kappa shape index (κ1) is 16.8. The summed E-state index contributed by atoms with van der Waals surface area (Å²) >= 11 is 0. The van der Waals surface area contributed by atoms with Crippen LogP contribution in [-0.4, -0.2) is 54.4 Å². The number of nitrogens with zero attached hydrogens (tertiary/aromatic N) is 1. The van der Waals surface area contributed by atoms with Crippen LogP contribution in [0.25, 0.3) is 0 Å². The summed E-state index contributed by atoms with van der Waals surface area (Å²) in [5, 5.41) is 11.6. The molecule has 0 spiro atoms. The van der Waals surface area contributed by atoms with Gasteiger partial charge in [-0.05, 0) is 25.2 Å². The summed E-state index contributed by atoms with van der Waals surface area (Å²) in [6.45, 7) is 5.10. The molecule has 1 saturated heterocycles. The highest BCUT2D eigenvalue weighted by Gasteiger charge is 2.23. The third-order valence-corrected chi connectivity index (χ3v) is 3.61. The maximum absolute atomic E-state index is 12.1. The zero-order valence-corrected chi connectivity index (χ0v) is 12.6. The fourth-order valence-electron chi connectivity index (χ4n) is 2.25. The molecule has 1 heterocycles. The summed E-state index contributed by atoms with van der Waals surface area (Å²) in [6, 6.07) is -0.589. The second-order valence-electron chi connectivity index (χ2n) is 5.77. The van der Waals surface area contributed by atoms with Crippen LogP contribution in [0.5, 0.6) is 0 Å². The third kappa shape index (κ3) is 5.77. The van der Waals surface area contributed by atoms with Crippen LogP contribution >= 0.6 is 0 Å². The Morgan fingerprint density at radius 1 is 1.40 bits per heavy atom. The number of urea groups is 1. The van der Waals surface area contributed by atoms with Gasteiger partial charge in [0.05, 0.1) is 12.5 Å². The summed E-state index contributed by atoms with van der Waals surface area (Å²) in [5.41, 5.74) is 0. The van der Waals surface area contributed by atoms with E-state index in [1.54, 1.807) is 11.9 Å². The standard InChI is InChI=1S/C14H26N2O4/c1-10(2)12(8-13(17)18)15-14(19)16(3)9-11-6-4-5-7-20-11/h10-12H,4-9H2,1-3H3,(H,15,19)(H,17,18). The average Bonchev–Trinajstić information content (AvgIpc) is 2.38. The van der Waals surface area contributed by atoms with Crippen LogP contribution in [0.15, 0.2) is 0 Å². The Balaban J connectivity index is 2.43. The number of likely N-dealkylation sites (N-methyl/N-ethyl adjacent to an activating group) is 1. The van der Waals surface area contributed by atoms with Gasteiger partial charge in [-0.15, -0.1) is 0 Å². The molecule has 1 rings (SSSR count). The molecule has 6 nitrogen and oxygen atoms in total. The number of hydrogen-bond donors (Lipinski definition) is 2. The van der Waals surface area contributed by atoms with Crippen molar-refractivity contribution in [3.05, 3.63) is 0 Å². The third-order valence-electron chi connectivity index (χ3n) is 3.61. The summed E-state index contributed by atoms with van der Waals surface area (Å²) in [4.78, 5) is 24.5. The van der Waals surface area contributed by atoms with Crippen LogP contribution < -0.4 is 5.32 Å². The molecular formula is C14H26N2O4. The van der Waals surface area contributed by atoms with Gasteiger partial charge >= 0.3 is 12.0 Å². The highest BCUT2D eigenvalue weighted by atomic mass is 16.5. The molecule has 0 aromatic heterocycles. The van der Waals surface area contributed by atoms with E-state index >= 15 is 0 Å². The zero-order valence-electron chi connectivity index (χ0n) is 12.6. The van der Waals surface area contributed by atoms with Gasteiger partial charge in [-0.25, -0.2) is 4.79 Å². The molecule has 0 bridgehead atoms. The Morgan fingerprint density at radius 2 is 2.10 bits per heavy atom. The second-order valence-corrected chi connectivity index (χ2v) is 5.77. The van der Waals surface area contributed by atoms with Crippen molar-refractivity contribution >= 4 is 12.0 Å². The van der Waals surface area contributed by atoms with E-state index in [1.165, 1.54) is 0 Å². The first-order valence-electron chi connectivity index (χ1n) is 7.25. The number of carbonyl (C=O) groups is 2. The van der Waals surface area contributed by atoms with Crippen LogP contribution in [0, 0.1) is 5.92 Å². The number of ether oxygens (including phenoxy) is 1. The molecule has 20 heavy (non-hydrogen) atoms. The van der Waals surface area contributed by atoms with Crippen molar-refractivity contribution in [3.8, 4) is 0 Å². The average molecular weight is 286 g/mol. The lowest BCUT2D eigenvalue weighted by molar-refractivity contribution is -0.137. The molecule has 0 aromatic carbocycles. The van der Waals surface area contributed by atoms with Gasteiger partial charge in [0, 0.05) is 26.2 Å². The van der Waals surface area contributed by atoms with E-state index in [-0.39, 0.29) is 30.5 Å². The fourth-order valence-corrected chi connectivity index (χ4v) is 2.25. The van der Waals surface area contributed by atoms with E-state index in [0.717, 1.165) is 25.9 Å². The SMILES string of the molecule is CC(C)C(CC(=O)O)NC(=O)N(C)CC1CCCCO1. The number of hydrogen-bond acceptors (Lipinski definition) is 3. The quantitative estimate of drug-likeness (QED) is 0.779. The van der Waals surface area contributed by atoms with Crippen LogP contribution in [-0.2, 0) is 9.53 Å². The lowest BCUT2D eigenvalue weighted by atomic mass is 10.0. The Kier molecular flexibility index (Phi) is 6.78. The van der Waals surface area contributed by atoms with Gasteiger partial charge in [0.15, 0.2) is 0 Å². The molecule has 1 fully saturated rings. The summed E-state index contributed by atoms with van der Waals surface area (Å²) in [5.74, 6) is -0.823. The molecule has 0 aliphatic carbocycles. The Bertz CT molecular complexity index is 327. The van der Waals surface area contributed by atoms with E-state index in [9.17, 15) is 9.59 Å². The number of carboxylic acids is 1. The minimum Gasteiger partial charge on any atom is -0.481 e. The minimum absolute atomic E-state index is 0.0584. The zero-order chi connectivity index (χ0) is 15.1. The molecule has 2 atom stereocenters. The monoisotopic (exact) mass is 286 g/mol. The number of carbonyl (C=O) groups excluding carboxylic acids is 1. The predicted molar refractivity (Wildman–Crippen MR) is 75.6 cm³/mol. The summed E-state index contributed by atoms with van der Waals surface area (Å²) in [6.07, 6.45) is 3.22. The van der Waals surface area contributed by atoms with Crippen molar-refractivity contribution in [2.45, 2.75) is 51.7 Å². The number of nitrogens with one attached hydrogen (secondary N) is 1. The van der Waals surface area contributed by atoms with Crippen molar-refractivity contribution in [3.63, 3.8) is 0 Å². The maximum atomic E-state index is 12.1. The van der Waals surface area contributed by atoms with E-state index in [2.05, 4.69) is 5.32 Å². The van der Waals surface area contributed by atoms with Gasteiger partial charge in [0.1, 0.15) is 0 Å². The first-order chi connectivity index (χ1) is 9.40. The molecule has 0 saturated carbocycles. The van der Waals surface area contributed by atoms with Crippen LogP contribution in [0.4, 0.5) is 4.79 Å². The summed E-state index contributed by atoms with van der Waals surface area (Å²) in [7, 11) is 1.71. The Labute approximate surface area is 120 Å². The Morgan fingerprint density at radius 3 is 2.60 bits per heavy atom. The molecule has 2 N–H and O–H groups in total. The van der Waals surface area contributed by atoms with Crippen molar-refractivity contribution < 1.29 is 19.4 Å². The van der Waals surface area contributed by atoms with Crippen molar-refractivity contribution in [1.29, 1.82) is 0 Å². The van der Waals surface area contributed by atoms with Crippen molar-refractivity contribution in [1.82, 2.24) is 10.2 Å². The van der Waals surface area contributed by atoms with Gasteiger partial charge in [-0.3, -0.25) is 4.79 Å². The van der Waals surface area contributed by atoms with Gasteiger partial charge in [0.2, 0.25) is 0 Å². The van der Waals surface area contributed by atoms with E-state index in [4.69, 9.17) is 9.84 Å². The number of aliphatic carboxylic acids is 1. The molecule has 0 radical (unpaired) electrons. The van der Waals surface area contributed by atoms with Gasteiger partial charge < -0.3 is 20.1 Å². The molecule has 1 aliphatic heterocycles. The molecule has 116 valence electrons. The van der Waals surface area contributed by atoms with Crippen LogP contribution in [0.3, 0.4) is 0 Å². The van der Waals surface area contributed by atoms with Crippen molar-refractivity contribution in [2.75, 3.05) is 20.2 Å². The largest absolute Gasteiger partial charge is 0.481 e. The van der Waals surface area contributed by atoms with E-state index < -0.39 is 5.97 Å². The molecule has 2 unspecified atom stereocenters. The van der Waals surface area contributed by atoms with Crippen LogP contribution in [0.1, 0.15) is 39.5 Å². The summed E-state index contributed by atoms with van der Waals surface area (Å²) < 4.78 is 5.60. The molecular weight excluding hydrogens is 260 g/mol. The second kappa shape index (κ2) is 8.09. The van der Waals surface area contributed by atoms with Gasteiger partial charge in [-0.1, -0.05) is 13.8 Å². The molecule has 1 aliphatic rings. The normalized spacial score (nSPS) is 20.5.